The summed E-state index contributed by atoms with van der Waals surface area (Å²) < 4.78 is 69.0. The van der Waals surface area contributed by atoms with Gasteiger partial charge in [-0.3, -0.25) is 4.40 Å². The number of β-amino-alcohol motifs (C(OH)–C–C–N with tert-alkyl or cyclic N) is 1. The van der Waals surface area contributed by atoms with Crippen LogP contribution in [-0.2, 0) is 16.2 Å². The topological polar surface area (TPSA) is 137 Å². The van der Waals surface area contributed by atoms with Crippen molar-refractivity contribution in [2.45, 2.75) is 42.0 Å². The van der Waals surface area contributed by atoms with E-state index in [0.717, 1.165) is 0 Å². The van der Waals surface area contributed by atoms with Crippen molar-refractivity contribution >= 4 is 32.6 Å². The summed E-state index contributed by atoms with van der Waals surface area (Å²) in [6, 6.07) is 3.38. The molecule has 2 N–H and O–H groups in total. The maximum absolute atomic E-state index is 13.1. The Balaban J connectivity index is 1.66. The average Bonchev–Trinajstić information content (AvgIpc) is 3.14. The molecule has 0 spiro atoms. The zero-order chi connectivity index (χ0) is 23.6. The number of hydrogen-bond donors (Lipinski definition) is 2. The molecule has 1 aliphatic heterocycles. The quantitative estimate of drug-likeness (QED) is 0.542. The summed E-state index contributed by atoms with van der Waals surface area (Å²) in [7, 11) is -4.14. The highest BCUT2D eigenvalue weighted by Gasteiger charge is 2.47. The number of alkyl halides is 3. The Morgan fingerprint density at radius 3 is 2.67 bits per heavy atom. The fourth-order valence-corrected chi connectivity index (χ4v) is 5.78. The summed E-state index contributed by atoms with van der Waals surface area (Å²) in [5, 5.41) is 24.7. The van der Waals surface area contributed by atoms with Gasteiger partial charge in [-0.05, 0) is 25.3 Å². The van der Waals surface area contributed by atoms with Gasteiger partial charge >= 0.3 is 6.18 Å². The Morgan fingerprint density at radius 1 is 1.33 bits per heavy atom. The zero-order valence-corrected chi connectivity index (χ0v) is 18.4. The number of nitrogens with one attached hydrogen (secondary N) is 1. The second-order valence-corrected chi connectivity index (χ2v) is 10.7. The summed E-state index contributed by atoms with van der Waals surface area (Å²) in [6.45, 7) is 0.708. The minimum absolute atomic E-state index is 0.00235. The van der Waals surface area contributed by atoms with Crippen molar-refractivity contribution in [3.8, 4) is 16.9 Å². The third-order valence-electron chi connectivity index (χ3n) is 5.56. The van der Waals surface area contributed by atoms with Crippen molar-refractivity contribution in [1.82, 2.24) is 24.3 Å². The molecule has 174 valence electrons. The first kappa shape index (κ1) is 22.0. The van der Waals surface area contributed by atoms with Crippen molar-refractivity contribution in [3.05, 3.63) is 23.5 Å². The van der Waals surface area contributed by atoms with Crippen LogP contribution in [0.3, 0.4) is 0 Å². The van der Waals surface area contributed by atoms with Gasteiger partial charge in [-0.15, -0.1) is 10.2 Å². The van der Waals surface area contributed by atoms with Gasteiger partial charge in [0.25, 0.3) is 0 Å². The van der Waals surface area contributed by atoms with Gasteiger partial charge in [-0.25, -0.2) is 13.4 Å². The van der Waals surface area contributed by atoms with Crippen LogP contribution in [0.15, 0.2) is 23.4 Å². The van der Waals surface area contributed by atoms with Crippen molar-refractivity contribution < 1.29 is 26.7 Å². The van der Waals surface area contributed by atoms with Crippen LogP contribution >= 0.6 is 11.3 Å². The van der Waals surface area contributed by atoms with Crippen LogP contribution < -0.4 is 9.62 Å². The molecule has 3 aromatic heterocycles. The van der Waals surface area contributed by atoms with Gasteiger partial charge in [-0.2, -0.15) is 23.2 Å². The number of imidazole rings is 1. The van der Waals surface area contributed by atoms with E-state index in [9.17, 15) is 32.0 Å². The third-order valence-corrected chi connectivity index (χ3v) is 8.03. The van der Waals surface area contributed by atoms with Crippen molar-refractivity contribution in [1.29, 1.82) is 5.26 Å². The fraction of sp³-hybridized carbons (Fsp3) is 0.444. The molecule has 2 aliphatic rings. The van der Waals surface area contributed by atoms with Gasteiger partial charge in [0.05, 0.1) is 29.6 Å². The van der Waals surface area contributed by atoms with E-state index in [2.05, 4.69) is 19.9 Å². The second kappa shape index (κ2) is 7.35. The number of fused-ring (bicyclic) bond motifs is 1. The lowest BCUT2D eigenvalue weighted by Crippen LogP contribution is -2.35. The van der Waals surface area contributed by atoms with Crippen LogP contribution in [0.1, 0.15) is 24.3 Å². The number of pyridine rings is 1. The number of nitrogens with zero attached hydrogens (tertiary/aromatic N) is 6. The molecule has 0 amide bonds. The molecule has 2 fully saturated rings. The average molecular weight is 500 g/mol. The molecular weight excluding hydrogens is 483 g/mol. The SMILES string of the molecule is N#CC1(NS(=O)(=O)c2cc(N3CC[C@H](O)C3)c3cnc(-c4nnc(C(F)(F)F)s4)n3c2)CC1. The Bertz CT molecular complexity index is 1390. The summed E-state index contributed by atoms with van der Waals surface area (Å²) in [4.78, 5) is 5.78. The third kappa shape index (κ3) is 3.92. The largest absolute Gasteiger partial charge is 0.445 e. The summed E-state index contributed by atoms with van der Waals surface area (Å²) in [6.07, 6.45) is -1.38. The predicted octanol–water partition coefficient (Wildman–Crippen LogP) is 1.78. The van der Waals surface area contributed by atoms with E-state index in [1.54, 1.807) is 4.90 Å². The van der Waals surface area contributed by atoms with E-state index >= 15 is 0 Å². The Labute approximate surface area is 189 Å². The van der Waals surface area contributed by atoms with E-state index in [4.69, 9.17) is 0 Å². The zero-order valence-electron chi connectivity index (χ0n) is 16.7. The smallest absolute Gasteiger partial charge is 0.391 e. The minimum Gasteiger partial charge on any atom is -0.391 e. The first-order chi connectivity index (χ1) is 15.5. The van der Waals surface area contributed by atoms with E-state index in [1.165, 1.54) is 22.9 Å². The first-order valence-corrected chi connectivity index (χ1v) is 12.1. The second-order valence-electron chi connectivity index (χ2n) is 8.00. The molecule has 1 saturated carbocycles. The highest BCUT2D eigenvalue weighted by molar-refractivity contribution is 7.89. The maximum atomic E-state index is 13.1. The van der Waals surface area contributed by atoms with Crippen LogP contribution in [0, 0.1) is 11.3 Å². The monoisotopic (exact) mass is 499 g/mol. The molecule has 15 heteroatoms. The molecular formula is C18H16F3N7O3S2. The number of hydrogen-bond acceptors (Lipinski definition) is 9. The Morgan fingerprint density at radius 2 is 2.09 bits per heavy atom. The molecule has 0 radical (unpaired) electrons. The molecule has 0 unspecified atom stereocenters. The number of aliphatic hydroxyl groups is 1. The van der Waals surface area contributed by atoms with E-state index in [0.29, 0.717) is 48.3 Å². The number of rotatable bonds is 5. The highest BCUT2D eigenvalue weighted by atomic mass is 32.2. The van der Waals surface area contributed by atoms with E-state index < -0.39 is 32.9 Å². The molecule has 33 heavy (non-hydrogen) atoms. The number of aromatic nitrogens is 4. The fourth-order valence-electron chi connectivity index (χ4n) is 3.68. The van der Waals surface area contributed by atoms with Gasteiger partial charge < -0.3 is 10.0 Å². The van der Waals surface area contributed by atoms with Crippen molar-refractivity contribution in [3.63, 3.8) is 0 Å². The van der Waals surface area contributed by atoms with Gasteiger partial charge in [0, 0.05) is 19.3 Å². The van der Waals surface area contributed by atoms with Crippen LogP contribution in [0.2, 0.25) is 0 Å². The van der Waals surface area contributed by atoms with Gasteiger partial charge in [0.15, 0.2) is 10.8 Å². The number of halogens is 3. The molecule has 0 bridgehead atoms. The molecule has 1 aliphatic carbocycles. The predicted molar refractivity (Wildman–Crippen MR) is 110 cm³/mol. The van der Waals surface area contributed by atoms with Gasteiger partial charge in [-0.1, -0.05) is 11.3 Å². The number of nitriles is 1. The number of aliphatic hydroxyl groups excluding tert-OH is 1. The lowest BCUT2D eigenvalue weighted by atomic mass is 10.3. The van der Waals surface area contributed by atoms with E-state index in [-0.39, 0.29) is 22.3 Å². The van der Waals surface area contributed by atoms with Crippen LogP contribution in [-0.4, -0.2) is 57.8 Å². The lowest BCUT2D eigenvalue weighted by Gasteiger charge is -2.21. The lowest BCUT2D eigenvalue weighted by molar-refractivity contribution is -0.138. The maximum Gasteiger partial charge on any atom is 0.445 e. The number of sulfonamides is 1. The van der Waals surface area contributed by atoms with Crippen LogP contribution in [0.5, 0.6) is 0 Å². The highest BCUT2D eigenvalue weighted by Crippen LogP contribution is 2.38. The normalized spacial score (nSPS) is 20.3. The van der Waals surface area contributed by atoms with Crippen molar-refractivity contribution in [2.24, 2.45) is 0 Å². The summed E-state index contributed by atoms with van der Waals surface area (Å²) >= 11 is 0.296. The Kier molecular flexibility index (Phi) is 4.90. The Hall–Kier alpha value is -2.80. The van der Waals surface area contributed by atoms with Gasteiger partial charge in [0.2, 0.25) is 15.0 Å². The minimum atomic E-state index is -4.67. The van der Waals surface area contributed by atoms with Crippen LogP contribution in [0.4, 0.5) is 18.9 Å². The molecule has 1 atom stereocenters. The molecule has 1 saturated heterocycles. The standard InChI is InChI=1S/C18H16F3N7O3S2/c19-18(20,21)16-25-24-15(32-16)14-23-6-13-12(27-4-1-10(29)7-27)5-11(8-28(13)14)33(30,31)26-17(9-22)2-3-17/h5-6,8,10,26,29H,1-4,7H2/t10-/m0/s1. The molecule has 5 rings (SSSR count). The molecule has 4 heterocycles. The van der Waals surface area contributed by atoms with E-state index in [1.807, 2.05) is 6.07 Å². The number of anilines is 1. The molecule has 3 aromatic rings. The summed E-state index contributed by atoms with van der Waals surface area (Å²) in [5.41, 5.74) is -0.282. The van der Waals surface area contributed by atoms with Crippen LogP contribution in [0.25, 0.3) is 16.3 Å². The summed E-state index contributed by atoms with van der Waals surface area (Å²) in [5.74, 6) is -0.00235. The van der Waals surface area contributed by atoms with Crippen molar-refractivity contribution in [2.75, 3.05) is 18.0 Å². The molecule has 0 aromatic carbocycles. The first-order valence-electron chi connectivity index (χ1n) is 9.82. The molecule has 10 nitrogen and oxygen atoms in total. The van der Waals surface area contributed by atoms with Gasteiger partial charge in [0.1, 0.15) is 10.4 Å².